The van der Waals surface area contributed by atoms with E-state index in [0.717, 1.165) is 77.0 Å². The lowest BCUT2D eigenvalue weighted by molar-refractivity contribution is -0.305. The van der Waals surface area contributed by atoms with Gasteiger partial charge < -0.3 is 45.1 Å². The predicted molar refractivity (Wildman–Crippen MR) is 329 cm³/mol. The summed E-state index contributed by atoms with van der Waals surface area (Å²) < 4.78 is 17.5. The van der Waals surface area contributed by atoms with E-state index in [1.54, 1.807) is 6.08 Å². The van der Waals surface area contributed by atoms with Crippen molar-refractivity contribution >= 4 is 11.9 Å². The number of carbonyl (C=O) groups is 2. The summed E-state index contributed by atoms with van der Waals surface area (Å²) in [5, 5.41) is 57.0. The number of carbonyl (C=O) groups excluding carboxylic acids is 2. The van der Waals surface area contributed by atoms with Gasteiger partial charge in [0.15, 0.2) is 12.4 Å². The van der Waals surface area contributed by atoms with Crippen LogP contribution in [0.25, 0.3) is 0 Å². The van der Waals surface area contributed by atoms with Gasteiger partial charge in [0.1, 0.15) is 24.4 Å². The van der Waals surface area contributed by atoms with Crippen molar-refractivity contribution < 1.29 is 49.3 Å². The maximum Gasteiger partial charge on any atom is 0.306 e. The largest absolute Gasteiger partial charge is 0.454 e. The molecule has 11 nitrogen and oxygen atoms in total. The Morgan fingerprint density at radius 3 is 1.34 bits per heavy atom. The summed E-state index contributed by atoms with van der Waals surface area (Å²) in [5.41, 5.74) is 0. The lowest BCUT2D eigenvalue weighted by atomic mass is 9.99. The van der Waals surface area contributed by atoms with Gasteiger partial charge in [-0.3, -0.25) is 9.59 Å². The molecule has 79 heavy (non-hydrogen) atoms. The van der Waals surface area contributed by atoms with Crippen LogP contribution in [0.2, 0.25) is 0 Å². The quantitative estimate of drug-likeness (QED) is 0.0195. The van der Waals surface area contributed by atoms with Crippen molar-refractivity contribution in [3.8, 4) is 0 Å². The SMILES string of the molecule is CC/C=C\C/C=C\C/C=C\C/C=C\C/C=C\C/C=C\CCC(=O)OC1C(OCC(NC(=O)C(O)CCCCCCCCCCCCCCCCCCCCCC)C(O)/C=C/CCCCCCCCCCC)OC(CO)C(O)C1O. The van der Waals surface area contributed by atoms with Crippen molar-refractivity contribution in [3.63, 3.8) is 0 Å². The molecule has 0 aromatic heterocycles. The van der Waals surface area contributed by atoms with Gasteiger partial charge in [-0.25, -0.2) is 0 Å². The molecule has 1 amide bonds. The second-order valence-electron chi connectivity index (χ2n) is 22.1. The van der Waals surface area contributed by atoms with E-state index in [2.05, 4.69) is 86.8 Å². The number of unbranched alkanes of at least 4 members (excludes halogenated alkanes) is 28. The first kappa shape index (κ1) is 73.9. The van der Waals surface area contributed by atoms with E-state index in [1.807, 2.05) is 18.2 Å². The Hall–Kier alpha value is -3.16. The van der Waals surface area contributed by atoms with Gasteiger partial charge in [0.05, 0.1) is 25.4 Å². The fourth-order valence-corrected chi connectivity index (χ4v) is 9.74. The molecule has 6 N–H and O–H groups in total. The van der Waals surface area contributed by atoms with E-state index < -0.39 is 67.4 Å². The Morgan fingerprint density at radius 1 is 0.506 bits per heavy atom. The topological polar surface area (TPSA) is 175 Å². The number of allylic oxidation sites excluding steroid dienone is 13. The standard InChI is InChI=1S/C68H119NO10/c1-4-7-10-13-16-19-22-24-26-28-30-32-33-35-37-40-43-46-49-52-55-61(72)67(76)69-59(60(71)54-51-48-45-42-39-21-18-15-12-9-6-3)58-77-68-66(65(75)64(74)62(57-70)78-68)79-63(73)56-53-50-47-44-41-38-36-34-31-29-27-25-23-20-17-14-11-8-5-2/h8,11,17,20,25,27,31,34,38,41,47,50-51,54,59-62,64-66,68,70-72,74-75H,4-7,9-10,12-16,18-19,21-24,26,28-30,32-33,35-37,39-40,42-46,48-49,52-53,55-58H2,1-3H3,(H,69,76)/b11-8-,20-17-,27-25-,34-31-,41-38-,50-47-,54-51+. The average molecular weight is 1110 g/mol. The summed E-state index contributed by atoms with van der Waals surface area (Å²) in [4.78, 5) is 26.5. The normalized spacial score (nSPS) is 19.4. The van der Waals surface area contributed by atoms with Gasteiger partial charge in [-0.2, -0.15) is 0 Å². The Bertz CT molecular complexity index is 1610. The van der Waals surface area contributed by atoms with E-state index in [-0.39, 0.29) is 19.4 Å². The number of hydrogen-bond donors (Lipinski definition) is 6. The van der Waals surface area contributed by atoms with Crippen LogP contribution in [0.5, 0.6) is 0 Å². The van der Waals surface area contributed by atoms with E-state index in [9.17, 15) is 35.1 Å². The summed E-state index contributed by atoms with van der Waals surface area (Å²) in [6, 6.07) is -1.04. The first-order valence-corrected chi connectivity index (χ1v) is 32.4. The first-order chi connectivity index (χ1) is 38.7. The molecule has 1 aliphatic rings. The summed E-state index contributed by atoms with van der Waals surface area (Å²) in [5.74, 6) is -1.28. The lowest BCUT2D eigenvalue weighted by Crippen LogP contribution is -2.61. The second-order valence-corrected chi connectivity index (χ2v) is 22.1. The first-order valence-electron chi connectivity index (χ1n) is 32.4. The second kappa shape index (κ2) is 55.4. The smallest absolute Gasteiger partial charge is 0.306 e. The summed E-state index contributed by atoms with van der Waals surface area (Å²) in [7, 11) is 0. The number of amides is 1. The van der Waals surface area contributed by atoms with E-state index >= 15 is 0 Å². The zero-order valence-corrected chi connectivity index (χ0v) is 50.5. The molecular weight excluding hydrogens is 991 g/mol. The number of hydrogen-bond acceptors (Lipinski definition) is 10. The van der Waals surface area contributed by atoms with Gasteiger partial charge >= 0.3 is 5.97 Å². The Balaban J connectivity index is 2.67. The number of ether oxygens (including phenoxy) is 3. The Labute approximate surface area is 483 Å². The molecule has 0 aliphatic carbocycles. The van der Waals surface area contributed by atoms with E-state index in [0.29, 0.717) is 19.3 Å². The van der Waals surface area contributed by atoms with Gasteiger partial charge in [-0.05, 0) is 64.2 Å². The van der Waals surface area contributed by atoms with Crippen LogP contribution in [-0.4, -0.2) is 99.6 Å². The van der Waals surface area contributed by atoms with Crippen LogP contribution < -0.4 is 5.32 Å². The molecule has 0 spiro atoms. The molecule has 456 valence electrons. The van der Waals surface area contributed by atoms with Crippen molar-refractivity contribution in [2.45, 2.75) is 320 Å². The molecule has 11 heteroatoms. The molecule has 0 aromatic rings. The van der Waals surface area contributed by atoms with Crippen LogP contribution in [-0.2, 0) is 23.8 Å². The van der Waals surface area contributed by atoms with Crippen molar-refractivity contribution in [1.82, 2.24) is 5.32 Å². The van der Waals surface area contributed by atoms with Crippen molar-refractivity contribution in [2.75, 3.05) is 13.2 Å². The van der Waals surface area contributed by atoms with E-state index in [4.69, 9.17) is 14.2 Å². The van der Waals surface area contributed by atoms with Crippen LogP contribution >= 0.6 is 0 Å². The maximum atomic E-state index is 13.4. The van der Waals surface area contributed by atoms with Gasteiger partial charge in [0.2, 0.25) is 5.91 Å². The Morgan fingerprint density at radius 2 is 0.911 bits per heavy atom. The minimum Gasteiger partial charge on any atom is -0.454 e. The van der Waals surface area contributed by atoms with Gasteiger partial charge in [0, 0.05) is 6.42 Å². The third-order valence-electron chi connectivity index (χ3n) is 14.8. The summed E-state index contributed by atoms with van der Waals surface area (Å²) in [6.45, 7) is 5.65. The summed E-state index contributed by atoms with van der Waals surface area (Å²) >= 11 is 0. The number of rotatable bonds is 54. The molecule has 1 fully saturated rings. The zero-order valence-electron chi connectivity index (χ0n) is 50.5. The fourth-order valence-electron chi connectivity index (χ4n) is 9.74. The molecule has 1 aliphatic heterocycles. The highest BCUT2D eigenvalue weighted by Crippen LogP contribution is 2.26. The molecular formula is C68H119NO10. The maximum absolute atomic E-state index is 13.4. The highest BCUT2D eigenvalue weighted by molar-refractivity contribution is 5.80. The predicted octanol–water partition coefficient (Wildman–Crippen LogP) is 15.7. The molecule has 0 radical (unpaired) electrons. The number of aliphatic hydroxyl groups excluding tert-OH is 5. The van der Waals surface area contributed by atoms with Crippen LogP contribution in [0.1, 0.15) is 271 Å². The third-order valence-corrected chi connectivity index (χ3v) is 14.8. The van der Waals surface area contributed by atoms with Crippen molar-refractivity contribution in [2.24, 2.45) is 0 Å². The lowest BCUT2D eigenvalue weighted by Gasteiger charge is -2.41. The van der Waals surface area contributed by atoms with E-state index in [1.165, 1.54) is 141 Å². The minimum absolute atomic E-state index is 0.00376. The van der Waals surface area contributed by atoms with Crippen molar-refractivity contribution in [1.29, 1.82) is 0 Å². The molecule has 1 saturated heterocycles. The van der Waals surface area contributed by atoms with Crippen LogP contribution in [0.3, 0.4) is 0 Å². The van der Waals surface area contributed by atoms with Crippen LogP contribution in [0.4, 0.5) is 0 Å². The number of esters is 1. The average Bonchev–Trinajstić information content (AvgIpc) is 3.47. The number of aliphatic hydroxyl groups is 5. The summed E-state index contributed by atoms with van der Waals surface area (Å²) in [6.07, 6.45) is 62.1. The highest BCUT2D eigenvalue weighted by atomic mass is 16.7. The molecule has 0 saturated carbocycles. The van der Waals surface area contributed by atoms with Crippen LogP contribution in [0.15, 0.2) is 85.1 Å². The van der Waals surface area contributed by atoms with Crippen LogP contribution in [0, 0.1) is 0 Å². The zero-order chi connectivity index (χ0) is 57.5. The minimum atomic E-state index is -1.65. The molecule has 1 heterocycles. The Kier molecular flexibility index (Phi) is 51.8. The van der Waals surface area contributed by atoms with Gasteiger partial charge in [-0.1, -0.05) is 286 Å². The monoisotopic (exact) mass is 1110 g/mol. The third kappa shape index (κ3) is 43.2. The molecule has 8 unspecified atom stereocenters. The number of nitrogens with one attached hydrogen (secondary N) is 1. The van der Waals surface area contributed by atoms with Gasteiger partial charge in [-0.15, -0.1) is 0 Å². The molecule has 8 atom stereocenters. The highest BCUT2D eigenvalue weighted by Gasteiger charge is 2.47. The fraction of sp³-hybridized carbons (Fsp3) is 0.765. The van der Waals surface area contributed by atoms with Gasteiger partial charge in [0.25, 0.3) is 0 Å². The molecule has 1 rings (SSSR count). The molecule has 0 bridgehead atoms. The molecule has 0 aromatic carbocycles. The van der Waals surface area contributed by atoms with Crippen molar-refractivity contribution in [3.05, 3.63) is 85.1 Å².